The molecule has 2 aliphatic heterocycles. The van der Waals surface area contributed by atoms with Crippen molar-refractivity contribution in [3.63, 3.8) is 0 Å². The van der Waals surface area contributed by atoms with Crippen LogP contribution in [-0.4, -0.2) is 48.7 Å². The van der Waals surface area contributed by atoms with Crippen molar-refractivity contribution in [1.82, 2.24) is 0 Å². The van der Waals surface area contributed by atoms with E-state index >= 15 is 0 Å². The first-order valence-electron chi connectivity index (χ1n) is 14.2. The molecule has 2 aliphatic rings. The third-order valence-corrected chi connectivity index (χ3v) is 8.95. The van der Waals surface area contributed by atoms with Gasteiger partial charge in [-0.2, -0.15) is 6.42 Å². The summed E-state index contributed by atoms with van der Waals surface area (Å²) in [6.45, 7) is 18.4. The van der Waals surface area contributed by atoms with Gasteiger partial charge in [-0.05, 0) is 97.6 Å². The van der Waals surface area contributed by atoms with Gasteiger partial charge in [-0.1, -0.05) is 13.3 Å². The summed E-state index contributed by atoms with van der Waals surface area (Å²) in [5, 5.41) is 25.0. The molecule has 2 saturated heterocycles. The average molecular weight is 742 g/mol. The van der Waals surface area contributed by atoms with Crippen LogP contribution < -0.4 is 18.9 Å². The normalized spacial score (nSPS) is 14.7. The Bertz CT molecular complexity index is 1210. The average Bonchev–Trinajstić information content (AvgIpc) is 3.78. The van der Waals surface area contributed by atoms with Gasteiger partial charge in [-0.3, -0.25) is 4.79 Å². The van der Waals surface area contributed by atoms with Gasteiger partial charge in [0, 0.05) is 9.85 Å². The maximum atomic E-state index is 10.3. The van der Waals surface area contributed by atoms with E-state index in [0.29, 0.717) is 31.3 Å². The van der Waals surface area contributed by atoms with Crippen molar-refractivity contribution < 1.29 is 57.6 Å². The molecule has 3 aromatic heterocycles. The van der Waals surface area contributed by atoms with Crippen LogP contribution in [0, 0.1) is 6.92 Å². The van der Waals surface area contributed by atoms with Gasteiger partial charge in [-0.15, -0.1) is 34.0 Å². The van der Waals surface area contributed by atoms with Gasteiger partial charge < -0.3 is 40.9 Å². The molecule has 5 rings (SSSR count). The van der Waals surface area contributed by atoms with E-state index in [2.05, 4.69) is 29.8 Å². The van der Waals surface area contributed by atoms with E-state index in [4.69, 9.17) is 18.9 Å². The Balaban J connectivity index is 0.000000575. The van der Waals surface area contributed by atoms with Crippen LogP contribution in [0.2, 0.25) is 0 Å². The molecule has 0 aromatic carbocycles. The number of ketones is 1. The molecule has 2 N–H and O–H groups in total. The largest absolute Gasteiger partial charge is 1.00 e. The summed E-state index contributed by atoms with van der Waals surface area (Å²) >= 11 is 7.94. The van der Waals surface area contributed by atoms with Gasteiger partial charge in [0.2, 0.25) is 0 Å². The smallest absolute Gasteiger partial charge is 0.386 e. The maximum absolute atomic E-state index is 10.3. The Labute approximate surface area is 300 Å². The number of carbonyl (C=O) groups is 2. The molecule has 0 unspecified atom stereocenters. The number of thiophene rings is 3. The van der Waals surface area contributed by atoms with Crippen molar-refractivity contribution in [2.75, 3.05) is 26.4 Å². The zero-order valence-corrected chi connectivity index (χ0v) is 31.6. The number of unbranched alkanes of at least 4 members (excludes halogenated alkanes) is 1. The first kappa shape index (κ1) is 44.3. The molecule has 8 nitrogen and oxygen atoms in total. The molecule has 248 valence electrons. The van der Waals surface area contributed by atoms with Crippen LogP contribution in [0.4, 0.5) is 0 Å². The molecule has 0 radical (unpaired) electrons. The molecule has 2 fully saturated rings. The molecular weight excluding hydrogens is 695 g/mol. The SMILES string of the molecule is Brc1csc(C2OCCO2)c1.CC(C)(O)c1csc(C2OCCO2)c1.CC(C)(O)c1csc(C=O)c1.CC(C)=O.[CH2-]CCC.[Li+]. The van der Waals surface area contributed by atoms with Gasteiger partial charge in [0.1, 0.15) is 5.78 Å². The molecule has 0 bridgehead atoms. The number of hydrogen-bond acceptors (Lipinski definition) is 11. The van der Waals surface area contributed by atoms with Crippen LogP contribution in [0.3, 0.4) is 0 Å². The molecule has 3 aromatic rings. The summed E-state index contributed by atoms with van der Waals surface area (Å²) in [5.41, 5.74) is 0.0895. The van der Waals surface area contributed by atoms with Crippen molar-refractivity contribution in [2.24, 2.45) is 0 Å². The van der Waals surface area contributed by atoms with Crippen LogP contribution >= 0.6 is 49.9 Å². The Morgan fingerprint density at radius 1 is 0.867 bits per heavy atom. The summed E-state index contributed by atoms with van der Waals surface area (Å²) in [5.74, 6) is 0.167. The van der Waals surface area contributed by atoms with E-state index in [-0.39, 0.29) is 37.2 Å². The number of aldehydes is 1. The monoisotopic (exact) mass is 740 g/mol. The van der Waals surface area contributed by atoms with Gasteiger partial charge in [-0.25, -0.2) is 0 Å². The van der Waals surface area contributed by atoms with Crippen molar-refractivity contribution in [3.05, 3.63) is 71.5 Å². The van der Waals surface area contributed by atoms with Crippen molar-refractivity contribution in [2.45, 2.75) is 85.1 Å². The van der Waals surface area contributed by atoms with Crippen molar-refractivity contribution >= 4 is 62.0 Å². The van der Waals surface area contributed by atoms with E-state index in [9.17, 15) is 19.8 Å². The summed E-state index contributed by atoms with van der Waals surface area (Å²) in [6, 6.07) is 5.68. The predicted molar refractivity (Wildman–Crippen MR) is 182 cm³/mol. The number of aliphatic hydroxyl groups is 2. The molecule has 45 heavy (non-hydrogen) atoms. The van der Waals surface area contributed by atoms with Crippen LogP contribution in [0.15, 0.2) is 38.8 Å². The summed E-state index contributed by atoms with van der Waals surface area (Å²) < 4.78 is 22.5. The first-order valence-corrected chi connectivity index (χ1v) is 17.6. The quantitative estimate of drug-likeness (QED) is 0.192. The van der Waals surface area contributed by atoms with Crippen molar-refractivity contribution in [1.29, 1.82) is 0 Å². The predicted octanol–water partition coefficient (Wildman–Crippen LogP) is 5.58. The molecule has 5 heterocycles. The number of rotatable bonds is 6. The van der Waals surface area contributed by atoms with E-state index in [1.165, 1.54) is 31.6 Å². The van der Waals surface area contributed by atoms with E-state index in [1.54, 1.807) is 61.8 Å². The van der Waals surface area contributed by atoms with E-state index < -0.39 is 11.2 Å². The Hall–Kier alpha value is -0.723. The van der Waals surface area contributed by atoms with Gasteiger partial charge >= 0.3 is 18.9 Å². The molecule has 0 atom stereocenters. The van der Waals surface area contributed by atoms with Crippen LogP contribution in [0.5, 0.6) is 0 Å². The summed E-state index contributed by atoms with van der Waals surface area (Å²) in [7, 11) is 0. The second-order valence-corrected chi connectivity index (χ2v) is 14.5. The second-order valence-electron chi connectivity index (χ2n) is 10.8. The topological polar surface area (TPSA) is 112 Å². The number of carbonyl (C=O) groups excluding carboxylic acids is 2. The van der Waals surface area contributed by atoms with E-state index in [0.717, 1.165) is 38.1 Å². The van der Waals surface area contributed by atoms with Crippen LogP contribution in [0.25, 0.3) is 0 Å². The first-order chi connectivity index (χ1) is 20.6. The fraction of sp³-hybridized carbons (Fsp3) is 0.531. The minimum absolute atomic E-state index is 0. The molecule has 13 heteroatoms. The summed E-state index contributed by atoms with van der Waals surface area (Å²) in [6.07, 6.45) is 2.72. The standard InChI is InChI=1S/C10H14O3S.C8H10O2S.C7H7BrO2S.C4H9.C3H6O.Li/c1-10(2,11)7-5-8(14-6-7)9-12-3-4-13-9;1-8(2,10)6-3-7(4-9)11-5-6;8-5-3-6(11-4-5)7-9-1-2-10-7;1-3-4-2;1-3(2)4;/h5-6,9,11H,3-4H2,1-2H3;3-5,10H,1-2H3;3-4,7H,1-2H2;1,3-4H2,2H3;1-2H3;/q;;;-1;;+1. The number of ether oxygens (including phenoxy) is 4. The minimum atomic E-state index is -0.836. The van der Waals surface area contributed by atoms with Crippen molar-refractivity contribution in [3.8, 4) is 0 Å². The number of hydrogen-bond donors (Lipinski definition) is 2. The van der Waals surface area contributed by atoms with Crippen LogP contribution in [-0.2, 0) is 34.9 Å². The maximum Gasteiger partial charge on any atom is 1.00 e. The minimum Gasteiger partial charge on any atom is -0.386 e. The number of halogens is 1. The molecule has 0 saturated carbocycles. The summed E-state index contributed by atoms with van der Waals surface area (Å²) in [4.78, 5) is 22.5. The second kappa shape index (κ2) is 22.8. The zero-order chi connectivity index (χ0) is 33.3. The molecular formula is C32H46BrLiO8S3. The van der Waals surface area contributed by atoms with Crippen LogP contribution in [0.1, 0.15) is 104 Å². The Kier molecular flexibility index (Phi) is 22.4. The Morgan fingerprint density at radius 2 is 1.24 bits per heavy atom. The molecule has 0 aliphatic carbocycles. The fourth-order valence-electron chi connectivity index (χ4n) is 3.03. The number of Topliss-reactive ketones (excluding diaryl/α,β-unsaturated/α-hetero) is 1. The van der Waals surface area contributed by atoms with Gasteiger partial charge in [0.15, 0.2) is 18.9 Å². The van der Waals surface area contributed by atoms with Gasteiger partial charge in [0.05, 0.1) is 52.3 Å². The molecule has 0 spiro atoms. The Morgan fingerprint density at radius 3 is 1.53 bits per heavy atom. The fourth-order valence-corrected chi connectivity index (χ4v) is 6.40. The third-order valence-electron chi connectivity index (χ3n) is 5.42. The molecule has 0 amide bonds. The van der Waals surface area contributed by atoms with E-state index in [1.807, 2.05) is 22.9 Å². The zero-order valence-electron chi connectivity index (χ0n) is 27.6. The van der Waals surface area contributed by atoms with Gasteiger partial charge in [0.25, 0.3) is 0 Å². The third kappa shape index (κ3) is 18.4.